The van der Waals surface area contributed by atoms with E-state index in [0.29, 0.717) is 0 Å². The molecule has 1 rings (SSSR count). The molecule has 0 bridgehead atoms. The monoisotopic (exact) mass is 318 g/mol. The van der Waals surface area contributed by atoms with Crippen molar-refractivity contribution in [1.29, 1.82) is 0 Å². The van der Waals surface area contributed by atoms with E-state index in [1.165, 1.54) is 13.0 Å². The fraction of sp³-hybridized carbons (Fsp3) is 0.467. The number of carbonyl (C=O) groups excluding carboxylic acids is 1. The average molecular weight is 318 g/mol. The van der Waals surface area contributed by atoms with Gasteiger partial charge in [-0.15, -0.1) is 0 Å². The third-order valence-electron chi connectivity index (χ3n) is 3.52. The van der Waals surface area contributed by atoms with Crippen LogP contribution < -0.4 is 4.74 Å². The van der Waals surface area contributed by atoms with Gasteiger partial charge >= 0.3 is 12.6 Å². The number of ether oxygens (including phenoxy) is 1. The minimum Gasteiger partial charge on any atom is -0.481 e. The Hall–Kier alpha value is -2.05. The number of hydrogen-bond donors (Lipinski definition) is 1. The molecule has 1 aromatic carbocycles. The highest BCUT2D eigenvalue weighted by Crippen LogP contribution is 2.27. The predicted molar refractivity (Wildman–Crippen MR) is 72.4 cm³/mol. The summed E-state index contributed by atoms with van der Waals surface area (Å²) in [5.74, 6) is -2.72. The first kappa shape index (κ1) is 18.0. The van der Waals surface area contributed by atoms with E-state index in [-0.39, 0.29) is 30.6 Å². The molecule has 122 valence electrons. The van der Waals surface area contributed by atoms with Crippen LogP contribution in [0, 0.1) is 11.2 Å². The molecule has 1 aromatic rings. The lowest BCUT2D eigenvalue weighted by atomic mass is 9.81. The lowest BCUT2D eigenvalue weighted by Gasteiger charge is -2.21. The number of halogens is 3. The number of carbonyl (C=O) groups is 2. The maximum atomic E-state index is 13.7. The van der Waals surface area contributed by atoms with Gasteiger partial charge in [0.2, 0.25) is 0 Å². The van der Waals surface area contributed by atoms with Crippen molar-refractivity contribution in [3.8, 4) is 5.75 Å². The van der Waals surface area contributed by atoms with E-state index in [0.717, 1.165) is 12.1 Å². The molecule has 22 heavy (non-hydrogen) atoms. The van der Waals surface area contributed by atoms with Gasteiger partial charge in [0, 0.05) is 18.9 Å². The summed E-state index contributed by atoms with van der Waals surface area (Å²) in [5, 5.41) is 9.11. The Kier molecular flexibility index (Phi) is 5.96. The van der Waals surface area contributed by atoms with Gasteiger partial charge in [0.05, 0.1) is 5.41 Å². The number of alkyl halides is 2. The van der Waals surface area contributed by atoms with E-state index in [1.54, 1.807) is 6.92 Å². The minimum atomic E-state index is -3.06. The van der Waals surface area contributed by atoms with Crippen LogP contribution in [0.3, 0.4) is 0 Å². The van der Waals surface area contributed by atoms with Crippen LogP contribution in [0.5, 0.6) is 5.75 Å². The van der Waals surface area contributed by atoms with Crippen LogP contribution in [0.15, 0.2) is 18.2 Å². The Bertz CT molecular complexity index is 560. The van der Waals surface area contributed by atoms with Gasteiger partial charge < -0.3 is 9.84 Å². The Labute approximate surface area is 125 Å². The van der Waals surface area contributed by atoms with Crippen molar-refractivity contribution in [2.75, 3.05) is 0 Å². The second-order valence-electron chi connectivity index (χ2n) is 5.24. The van der Waals surface area contributed by atoms with Gasteiger partial charge in [0.1, 0.15) is 17.3 Å². The molecule has 0 saturated carbocycles. The summed E-state index contributed by atoms with van der Waals surface area (Å²) in [5.41, 5.74) is -1.19. The average Bonchev–Trinajstić information content (AvgIpc) is 2.40. The van der Waals surface area contributed by atoms with E-state index in [1.807, 2.05) is 0 Å². The summed E-state index contributed by atoms with van der Waals surface area (Å²) in [6, 6.07) is 3.08. The van der Waals surface area contributed by atoms with Crippen molar-refractivity contribution in [1.82, 2.24) is 0 Å². The van der Waals surface area contributed by atoms with Crippen molar-refractivity contribution in [2.24, 2.45) is 5.41 Å². The Morgan fingerprint density at radius 3 is 2.45 bits per heavy atom. The molecular formula is C15H17F3O4. The number of aliphatic carboxylic acids is 1. The first-order valence-electron chi connectivity index (χ1n) is 6.66. The lowest BCUT2D eigenvalue weighted by molar-refractivity contribution is -0.150. The molecule has 0 aliphatic heterocycles. The first-order chi connectivity index (χ1) is 10.2. The quantitative estimate of drug-likeness (QED) is 0.797. The van der Waals surface area contributed by atoms with Crippen molar-refractivity contribution >= 4 is 11.8 Å². The maximum Gasteiger partial charge on any atom is 0.387 e. The van der Waals surface area contributed by atoms with Crippen LogP contribution in [0.1, 0.15) is 32.3 Å². The highest BCUT2D eigenvalue weighted by atomic mass is 19.3. The summed E-state index contributed by atoms with van der Waals surface area (Å²) in [6.45, 7) is 0.0365. The van der Waals surface area contributed by atoms with E-state index < -0.39 is 29.6 Å². The fourth-order valence-corrected chi connectivity index (χ4v) is 1.91. The topological polar surface area (TPSA) is 63.6 Å². The van der Waals surface area contributed by atoms with E-state index in [9.17, 15) is 22.8 Å². The number of rotatable bonds is 8. The standard InChI is InChI=1S/C15H17F3O4/c1-3-15(2,13(20)21)8-10(19)6-9-4-5-11(7-12(9)16)22-14(17)18/h4-5,7,14H,3,6,8H2,1-2H3,(H,20,21)/t15-/m0/s1. The molecule has 0 fully saturated rings. The Morgan fingerprint density at radius 2 is 2.00 bits per heavy atom. The van der Waals surface area contributed by atoms with Crippen molar-refractivity contribution in [2.45, 2.75) is 39.7 Å². The van der Waals surface area contributed by atoms with Gasteiger partial charge in [-0.3, -0.25) is 9.59 Å². The van der Waals surface area contributed by atoms with Crippen molar-refractivity contribution < 1.29 is 32.6 Å². The molecule has 4 nitrogen and oxygen atoms in total. The third-order valence-corrected chi connectivity index (χ3v) is 3.52. The summed E-state index contributed by atoms with van der Waals surface area (Å²) < 4.78 is 41.8. The van der Waals surface area contributed by atoms with Crippen LogP contribution in [-0.4, -0.2) is 23.5 Å². The van der Waals surface area contributed by atoms with Crippen LogP contribution in [-0.2, 0) is 16.0 Å². The molecule has 0 saturated heterocycles. The first-order valence-corrected chi connectivity index (χ1v) is 6.66. The molecule has 0 radical (unpaired) electrons. The number of carboxylic acids is 1. The van der Waals surface area contributed by atoms with E-state index >= 15 is 0 Å². The smallest absolute Gasteiger partial charge is 0.387 e. The summed E-state index contributed by atoms with van der Waals surface area (Å²) in [6.07, 6.45) is -0.269. The van der Waals surface area contributed by atoms with Crippen LogP contribution in [0.4, 0.5) is 13.2 Å². The predicted octanol–water partition coefficient (Wildman–Crippen LogP) is 3.43. The van der Waals surface area contributed by atoms with Gasteiger partial charge in [-0.2, -0.15) is 8.78 Å². The third kappa shape index (κ3) is 4.75. The van der Waals surface area contributed by atoms with E-state index in [4.69, 9.17) is 5.11 Å². The molecule has 0 amide bonds. The van der Waals surface area contributed by atoms with Gasteiger partial charge in [-0.05, 0) is 25.0 Å². The minimum absolute atomic E-state index is 0.00968. The molecule has 0 aromatic heterocycles. The number of benzene rings is 1. The second kappa shape index (κ2) is 7.29. The van der Waals surface area contributed by atoms with Crippen LogP contribution >= 0.6 is 0 Å². The summed E-state index contributed by atoms with van der Waals surface area (Å²) >= 11 is 0. The van der Waals surface area contributed by atoms with Crippen LogP contribution in [0.2, 0.25) is 0 Å². The van der Waals surface area contributed by atoms with Gasteiger partial charge in [0.25, 0.3) is 0 Å². The van der Waals surface area contributed by atoms with Crippen LogP contribution in [0.25, 0.3) is 0 Å². The lowest BCUT2D eigenvalue weighted by Crippen LogP contribution is -2.30. The molecule has 7 heteroatoms. The summed E-state index contributed by atoms with van der Waals surface area (Å²) in [7, 11) is 0. The molecular weight excluding hydrogens is 301 g/mol. The Morgan fingerprint density at radius 1 is 1.36 bits per heavy atom. The molecule has 1 atom stereocenters. The van der Waals surface area contributed by atoms with Gasteiger partial charge in [-0.1, -0.05) is 13.0 Å². The van der Waals surface area contributed by atoms with Gasteiger partial charge in [0.15, 0.2) is 0 Å². The number of Topliss-reactive ketones (excluding diaryl/α,β-unsaturated/α-hetero) is 1. The molecule has 0 aliphatic carbocycles. The fourth-order valence-electron chi connectivity index (χ4n) is 1.91. The normalized spacial score (nSPS) is 13.7. The highest BCUT2D eigenvalue weighted by molar-refractivity contribution is 5.87. The maximum absolute atomic E-state index is 13.7. The molecule has 0 aliphatic rings. The SMILES string of the molecule is CC[C@@](C)(CC(=O)Cc1ccc(OC(F)F)cc1F)C(=O)O. The van der Waals surface area contributed by atoms with Crippen molar-refractivity contribution in [3.63, 3.8) is 0 Å². The number of ketones is 1. The van der Waals surface area contributed by atoms with Gasteiger partial charge in [-0.25, -0.2) is 4.39 Å². The van der Waals surface area contributed by atoms with Crippen molar-refractivity contribution in [3.05, 3.63) is 29.6 Å². The zero-order chi connectivity index (χ0) is 16.9. The molecule has 0 heterocycles. The zero-order valence-corrected chi connectivity index (χ0v) is 12.2. The van der Waals surface area contributed by atoms with E-state index in [2.05, 4.69) is 4.74 Å². The Balaban J connectivity index is 2.78. The highest BCUT2D eigenvalue weighted by Gasteiger charge is 2.33. The number of carboxylic acid groups (broad SMARTS) is 1. The zero-order valence-electron chi connectivity index (χ0n) is 12.2. The largest absolute Gasteiger partial charge is 0.481 e. The number of hydrogen-bond acceptors (Lipinski definition) is 3. The molecule has 0 spiro atoms. The second-order valence-corrected chi connectivity index (χ2v) is 5.24. The summed E-state index contributed by atoms with van der Waals surface area (Å²) in [4.78, 5) is 23.1. The molecule has 1 N–H and O–H groups in total. The molecule has 0 unspecified atom stereocenters.